The first-order chi connectivity index (χ1) is 12.1. The molecule has 9 heteroatoms. The zero-order valence-electron chi connectivity index (χ0n) is 15.8. The second-order valence-electron chi connectivity index (χ2n) is 6.65. The molecule has 26 heavy (non-hydrogen) atoms. The van der Waals surface area contributed by atoms with E-state index in [9.17, 15) is 0 Å². The summed E-state index contributed by atoms with van der Waals surface area (Å²) < 4.78 is 7.36. The van der Waals surface area contributed by atoms with Crippen LogP contribution in [-0.4, -0.2) is 32.4 Å². The maximum absolute atomic E-state index is 5.36. The SMILES string of the molecule is CCNC(=NCc1cc(C(C)C)no1)NC1CCCn2nc(C)nc21.I. The molecule has 0 fully saturated rings. The van der Waals surface area contributed by atoms with Crippen LogP contribution in [0.2, 0.25) is 0 Å². The summed E-state index contributed by atoms with van der Waals surface area (Å²) in [6.07, 6.45) is 2.09. The number of aryl methyl sites for hydroxylation is 2. The summed E-state index contributed by atoms with van der Waals surface area (Å²) in [6.45, 7) is 10.3. The van der Waals surface area contributed by atoms with Crippen molar-refractivity contribution < 1.29 is 4.52 Å². The summed E-state index contributed by atoms with van der Waals surface area (Å²) in [7, 11) is 0. The molecule has 144 valence electrons. The predicted molar refractivity (Wildman–Crippen MR) is 111 cm³/mol. The Labute approximate surface area is 171 Å². The molecule has 3 rings (SSSR count). The molecule has 1 aliphatic rings. The molecular weight excluding hydrogens is 445 g/mol. The molecule has 0 saturated carbocycles. The minimum atomic E-state index is 0. The lowest BCUT2D eigenvalue weighted by Gasteiger charge is -2.24. The summed E-state index contributed by atoms with van der Waals surface area (Å²) in [5, 5.41) is 15.3. The summed E-state index contributed by atoms with van der Waals surface area (Å²) in [4.78, 5) is 9.20. The van der Waals surface area contributed by atoms with Gasteiger partial charge in [0.25, 0.3) is 0 Å². The van der Waals surface area contributed by atoms with Crippen molar-refractivity contribution in [3.05, 3.63) is 29.2 Å². The number of hydrogen-bond donors (Lipinski definition) is 2. The molecule has 0 spiro atoms. The number of guanidine groups is 1. The van der Waals surface area contributed by atoms with E-state index in [2.05, 4.69) is 51.6 Å². The molecular formula is C17H28IN7O. The van der Waals surface area contributed by atoms with Crippen LogP contribution in [0.3, 0.4) is 0 Å². The number of nitrogens with zero attached hydrogens (tertiary/aromatic N) is 5. The van der Waals surface area contributed by atoms with E-state index < -0.39 is 0 Å². The van der Waals surface area contributed by atoms with Crippen molar-refractivity contribution in [2.24, 2.45) is 4.99 Å². The smallest absolute Gasteiger partial charge is 0.192 e. The third-order valence-corrected chi connectivity index (χ3v) is 4.20. The molecule has 2 aromatic heterocycles. The van der Waals surface area contributed by atoms with Crippen LogP contribution in [0.25, 0.3) is 0 Å². The van der Waals surface area contributed by atoms with Crippen molar-refractivity contribution in [3.63, 3.8) is 0 Å². The van der Waals surface area contributed by atoms with Crippen LogP contribution in [0, 0.1) is 6.92 Å². The highest BCUT2D eigenvalue weighted by Crippen LogP contribution is 2.23. The van der Waals surface area contributed by atoms with Crippen LogP contribution < -0.4 is 10.6 Å². The Kier molecular flexibility index (Phi) is 7.42. The van der Waals surface area contributed by atoms with Crippen molar-refractivity contribution >= 4 is 29.9 Å². The Morgan fingerprint density at radius 2 is 2.27 bits per heavy atom. The highest BCUT2D eigenvalue weighted by atomic mass is 127. The van der Waals surface area contributed by atoms with Crippen LogP contribution >= 0.6 is 24.0 Å². The van der Waals surface area contributed by atoms with Crippen LogP contribution in [0.4, 0.5) is 0 Å². The van der Waals surface area contributed by atoms with Gasteiger partial charge in [-0.1, -0.05) is 19.0 Å². The molecule has 8 nitrogen and oxygen atoms in total. The van der Waals surface area contributed by atoms with Gasteiger partial charge in [0.2, 0.25) is 0 Å². The van der Waals surface area contributed by atoms with Crippen molar-refractivity contribution in [3.8, 4) is 0 Å². The van der Waals surface area contributed by atoms with Gasteiger partial charge in [-0.15, -0.1) is 24.0 Å². The third kappa shape index (κ3) is 4.95. The lowest BCUT2D eigenvalue weighted by molar-refractivity contribution is 0.375. The predicted octanol–water partition coefficient (Wildman–Crippen LogP) is 2.91. The van der Waals surface area contributed by atoms with Gasteiger partial charge in [0.05, 0.1) is 11.7 Å². The van der Waals surface area contributed by atoms with Crippen LogP contribution in [-0.2, 0) is 13.1 Å². The van der Waals surface area contributed by atoms with Crippen molar-refractivity contribution in [1.82, 2.24) is 30.6 Å². The van der Waals surface area contributed by atoms with Gasteiger partial charge >= 0.3 is 0 Å². The molecule has 2 N–H and O–H groups in total. The van der Waals surface area contributed by atoms with E-state index in [-0.39, 0.29) is 30.0 Å². The summed E-state index contributed by atoms with van der Waals surface area (Å²) in [5.41, 5.74) is 0.957. The minimum Gasteiger partial charge on any atom is -0.359 e. The third-order valence-electron chi connectivity index (χ3n) is 4.20. The summed E-state index contributed by atoms with van der Waals surface area (Å²) in [6, 6.07) is 2.09. The average Bonchev–Trinajstić information content (AvgIpc) is 3.19. The van der Waals surface area contributed by atoms with Gasteiger partial charge < -0.3 is 15.2 Å². The molecule has 1 aliphatic heterocycles. The fourth-order valence-electron chi connectivity index (χ4n) is 2.92. The molecule has 0 radical (unpaired) electrons. The maximum Gasteiger partial charge on any atom is 0.192 e. The maximum atomic E-state index is 5.36. The quantitative estimate of drug-likeness (QED) is 0.394. The van der Waals surface area contributed by atoms with E-state index in [0.717, 1.165) is 55.0 Å². The Hall–Kier alpha value is -1.65. The van der Waals surface area contributed by atoms with E-state index in [4.69, 9.17) is 4.52 Å². The number of rotatable bonds is 5. The fourth-order valence-corrected chi connectivity index (χ4v) is 2.92. The van der Waals surface area contributed by atoms with Crippen molar-refractivity contribution in [2.45, 2.75) is 65.6 Å². The molecule has 0 amide bonds. The number of fused-ring (bicyclic) bond motifs is 1. The van der Waals surface area contributed by atoms with Gasteiger partial charge in [-0.3, -0.25) is 0 Å². The lowest BCUT2D eigenvalue weighted by Crippen LogP contribution is -2.41. The fraction of sp³-hybridized carbons (Fsp3) is 0.647. The number of nitrogens with one attached hydrogen (secondary N) is 2. The van der Waals surface area contributed by atoms with E-state index in [0.29, 0.717) is 12.5 Å². The second kappa shape index (κ2) is 9.33. The minimum absolute atomic E-state index is 0. The number of aliphatic imine (C=N–C) groups is 1. The second-order valence-corrected chi connectivity index (χ2v) is 6.65. The average molecular weight is 473 g/mol. The molecule has 2 aromatic rings. The zero-order chi connectivity index (χ0) is 17.8. The van der Waals surface area contributed by atoms with Crippen LogP contribution in [0.1, 0.15) is 68.7 Å². The molecule has 0 aromatic carbocycles. The molecule has 1 atom stereocenters. The highest BCUT2D eigenvalue weighted by Gasteiger charge is 2.24. The first kappa shape index (κ1) is 20.7. The Bertz CT molecular complexity index is 737. The lowest BCUT2D eigenvalue weighted by atomic mass is 10.1. The largest absolute Gasteiger partial charge is 0.359 e. The molecule has 0 aliphatic carbocycles. The Morgan fingerprint density at radius 3 is 2.96 bits per heavy atom. The van der Waals surface area contributed by atoms with Crippen LogP contribution in [0.5, 0.6) is 0 Å². The Balaban J connectivity index is 0.00000243. The van der Waals surface area contributed by atoms with Gasteiger partial charge in [-0.05, 0) is 32.6 Å². The van der Waals surface area contributed by atoms with Crippen molar-refractivity contribution in [2.75, 3.05) is 6.54 Å². The molecule has 0 saturated heterocycles. The number of hydrogen-bond acceptors (Lipinski definition) is 5. The monoisotopic (exact) mass is 473 g/mol. The molecule has 0 bridgehead atoms. The first-order valence-electron chi connectivity index (χ1n) is 8.98. The van der Waals surface area contributed by atoms with Gasteiger partial charge in [0, 0.05) is 19.2 Å². The van der Waals surface area contributed by atoms with Gasteiger partial charge in [-0.2, -0.15) is 5.10 Å². The number of aromatic nitrogens is 4. The molecule has 3 heterocycles. The van der Waals surface area contributed by atoms with E-state index in [1.807, 2.05) is 17.7 Å². The van der Waals surface area contributed by atoms with E-state index >= 15 is 0 Å². The normalized spacial score (nSPS) is 17.0. The first-order valence-corrected chi connectivity index (χ1v) is 8.98. The zero-order valence-corrected chi connectivity index (χ0v) is 18.2. The van der Waals surface area contributed by atoms with Gasteiger partial charge in [0.15, 0.2) is 11.7 Å². The summed E-state index contributed by atoms with van der Waals surface area (Å²) >= 11 is 0. The van der Waals surface area contributed by atoms with Crippen LogP contribution in [0.15, 0.2) is 15.6 Å². The summed E-state index contributed by atoms with van der Waals surface area (Å²) in [5.74, 6) is 3.67. The van der Waals surface area contributed by atoms with Gasteiger partial charge in [-0.25, -0.2) is 14.7 Å². The highest BCUT2D eigenvalue weighted by molar-refractivity contribution is 14.0. The topological polar surface area (TPSA) is 93.2 Å². The Morgan fingerprint density at radius 1 is 1.46 bits per heavy atom. The van der Waals surface area contributed by atoms with E-state index in [1.165, 1.54) is 0 Å². The standard InChI is InChI=1S/C17H27N7O.HI/c1-5-18-17(19-10-13-9-15(11(2)3)23-25-13)21-14-7-6-8-24-16(14)20-12(4)22-24;/h9,11,14H,5-8,10H2,1-4H3,(H2,18,19,21);1H. The van der Waals surface area contributed by atoms with Gasteiger partial charge in [0.1, 0.15) is 18.2 Å². The number of halogens is 1. The molecule has 1 unspecified atom stereocenters. The van der Waals surface area contributed by atoms with E-state index in [1.54, 1.807) is 0 Å². The van der Waals surface area contributed by atoms with Crippen molar-refractivity contribution in [1.29, 1.82) is 0 Å².